The minimum Gasteiger partial charge on any atom is -0.495 e. The van der Waals surface area contributed by atoms with Gasteiger partial charge in [0.25, 0.3) is 0 Å². The van der Waals surface area contributed by atoms with Gasteiger partial charge in [-0.05, 0) is 30.2 Å². The van der Waals surface area contributed by atoms with Crippen LogP contribution in [-0.4, -0.2) is 12.1 Å². The number of hydrogen-bond acceptors (Lipinski definition) is 2. The SMILES string of the molecule is COc1cc2nc(C)c(-c3ccc(-c4ccccc4F)cc3)c(Cl)c2cc1Cl. The quantitative estimate of drug-likeness (QED) is 0.351. The van der Waals surface area contributed by atoms with Crippen molar-refractivity contribution in [3.05, 3.63) is 82.2 Å². The van der Waals surface area contributed by atoms with Crippen LogP contribution in [0.2, 0.25) is 10.0 Å². The molecular weight excluding hydrogens is 396 g/mol. The average molecular weight is 412 g/mol. The van der Waals surface area contributed by atoms with Gasteiger partial charge in [0.15, 0.2) is 0 Å². The van der Waals surface area contributed by atoms with Crippen molar-refractivity contribution < 1.29 is 9.13 Å². The summed E-state index contributed by atoms with van der Waals surface area (Å²) in [7, 11) is 1.56. The number of hydrogen-bond donors (Lipinski definition) is 0. The number of methoxy groups -OCH3 is 1. The molecule has 0 bridgehead atoms. The van der Waals surface area contributed by atoms with Crippen LogP contribution in [0.4, 0.5) is 4.39 Å². The van der Waals surface area contributed by atoms with E-state index in [2.05, 4.69) is 4.98 Å². The van der Waals surface area contributed by atoms with Crippen molar-refractivity contribution >= 4 is 34.1 Å². The molecule has 4 aromatic rings. The Morgan fingerprint density at radius 2 is 1.61 bits per heavy atom. The smallest absolute Gasteiger partial charge is 0.139 e. The first kappa shape index (κ1) is 18.7. The number of benzene rings is 3. The number of fused-ring (bicyclic) bond motifs is 1. The van der Waals surface area contributed by atoms with Crippen molar-refractivity contribution in [3.8, 4) is 28.0 Å². The molecule has 0 N–H and O–H groups in total. The van der Waals surface area contributed by atoms with Crippen LogP contribution in [0.5, 0.6) is 5.75 Å². The molecule has 0 unspecified atom stereocenters. The minimum atomic E-state index is -0.250. The molecule has 4 rings (SSSR count). The summed E-state index contributed by atoms with van der Waals surface area (Å²) in [5.74, 6) is 0.305. The van der Waals surface area contributed by atoms with Gasteiger partial charge in [0.05, 0.1) is 22.7 Å². The maximum absolute atomic E-state index is 14.0. The summed E-state index contributed by atoms with van der Waals surface area (Å²) in [5, 5.41) is 1.81. The van der Waals surface area contributed by atoms with Crippen LogP contribution in [0.15, 0.2) is 60.7 Å². The predicted octanol–water partition coefficient (Wildman–Crippen LogP) is 7.33. The number of ether oxygens (including phenoxy) is 1. The Bertz CT molecular complexity index is 1190. The number of pyridine rings is 1. The third-order valence-electron chi connectivity index (χ3n) is 4.73. The second-order valence-corrected chi connectivity index (χ2v) is 7.23. The van der Waals surface area contributed by atoms with E-state index in [9.17, 15) is 4.39 Å². The van der Waals surface area contributed by atoms with Gasteiger partial charge in [-0.2, -0.15) is 0 Å². The Kier molecular flexibility index (Phi) is 4.96. The zero-order valence-electron chi connectivity index (χ0n) is 15.3. The fourth-order valence-corrected chi connectivity index (χ4v) is 3.98. The molecule has 140 valence electrons. The Hall–Kier alpha value is -2.62. The third-order valence-corrected chi connectivity index (χ3v) is 5.42. The Balaban J connectivity index is 1.84. The van der Waals surface area contributed by atoms with E-state index in [0.29, 0.717) is 21.4 Å². The summed E-state index contributed by atoms with van der Waals surface area (Å²) in [5.41, 5.74) is 4.61. The molecule has 28 heavy (non-hydrogen) atoms. The van der Waals surface area contributed by atoms with Crippen molar-refractivity contribution in [1.29, 1.82) is 0 Å². The van der Waals surface area contributed by atoms with Crippen LogP contribution in [0.3, 0.4) is 0 Å². The Labute approximate surface area is 172 Å². The molecule has 0 amide bonds. The van der Waals surface area contributed by atoms with Gasteiger partial charge in [-0.15, -0.1) is 0 Å². The summed E-state index contributed by atoms with van der Waals surface area (Å²) < 4.78 is 19.3. The summed E-state index contributed by atoms with van der Waals surface area (Å²) in [6.45, 7) is 1.91. The van der Waals surface area contributed by atoms with E-state index < -0.39 is 0 Å². The zero-order chi connectivity index (χ0) is 19.8. The molecule has 0 aliphatic carbocycles. The number of nitrogens with zero attached hydrogens (tertiary/aromatic N) is 1. The van der Waals surface area contributed by atoms with Crippen LogP contribution in [0, 0.1) is 12.7 Å². The van der Waals surface area contributed by atoms with Crippen molar-refractivity contribution in [3.63, 3.8) is 0 Å². The highest BCUT2D eigenvalue weighted by atomic mass is 35.5. The first-order valence-corrected chi connectivity index (χ1v) is 9.44. The summed E-state index contributed by atoms with van der Waals surface area (Å²) in [4.78, 5) is 4.67. The number of aromatic nitrogens is 1. The van der Waals surface area contributed by atoms with Gasteiger partial charge in [-0.1, -0.05) is 65.7 Å². The molecule has 3 aromatic carbocycles. The third kappa shape index (κ3) is 3.21. The highest BCUT2D eigenvalue weighted by Crippen LogP contribution is 2.39. The lowest BCUT2D eigenvalue weighted by Crippen LogP contribution is -1.94. The standard InChI is InChI=1S/C23H16Cl2FNO/c1-13-22(23(25)17-11-18(24)21(28-2)12-20(17)27-13)15-9-7-14(8-10-15)16-5-3-4-6-19(16)26/h3-12H,1-2H3. The van der Waals surface area contributed by atoms with Gasteiger partial charge in [-0.25, -0.2) is 4.39 Å². The first-order valence-electron chi connectivity index (χ1n) is 8.68. The fraction of sp³-hybridized carbons (Fsp3) is 0.0870. The molecule has 0 atom stereocenters. The second-order valence-electron chi connectivity index (χ2n) is 6.45. The van der Waals surface area contributed by atoms with E-state index in [1.54, 1.807) is 31.4 Å². The van der Waals surface area contributed by atoms with E-state index in [-0.39, 0.29) is 5.82 Å². The normalized spacial score (nSPS) is 11.0. The molecule has 0 fully saturated rings. The molecule has 0 saturated carbocycles. The minimum absolute atomic E-state index is 0.250. The number of halogens is 3. The number of aryl methyl sites for hydroxylation is 1. The zero-order valence-corrected chi connectivity index (χ0v) is 16.8. The van der Waals surface area contributed by atoms with Crippen LogP contribution in [-0.2, 0) is 0 Å². The maximum atomic E-state index is 14.0. The molecule has 0 spiro atoms. The molecular formula is C23H16Cl2FNO. The lowest BCUT2D eigenvalue weighted by Gasteiger charge is -2.13. The molecule has 1 aromatic heterocycles. The van der Waals surface area contributed by atoms with Crippen molar-refractivity contribution in [1.82, 2.24) is 4.98 Å². The number of rotatable bonds is 3. The monoisotopic (exact) mass is 411 g/mol. The molecule has 0 aliphatic heterocycles. The van der Waals surface area contributed by atoms with Gasteiger partial charge >= 0.3 is 0 Å². The Morgan fingerprint density at radius 1 is 0.929 bits per heavy atom. The lowest BCUT2D eigenvalue weighted by atomic mass is 9.98. The van der Waals surface area contributed by atoms with Crippen LogP contribution in [0.25, 0.3) is 33.2 Å². The summed E-state index contributed by atoms with van der Waals surface area (Å²) in [6.07, 6.45) is 0. The van der Waals surface area contributed by atoms with Gasteiger partial charge in [0, 0.05) is 28.3 Å². The van der Waals surface area contributed by atoms with Gasteiger partial charge in [0.1, 0.15) is 11.6 Å². The van der Waals surface area contributed by atoms with E-state index in [4.69, 9.17) is 27.9 Å². The van der Waals surface area contributed by atoms with Crippen LogP contribution < -0.4 is 4.74 Å². The first-order chi connectivity index (χ1) is 13.5. The van der Waals surface area contributed by atoms with E-state index in [1.165, 1.54) is 6.07 Å². The lowest BCUT2D eigenvalue weighted by molar-refractivity contribution is 0.415. The predicted molar refractivity (Wildman–Crippen MR) is 114 cm³/mol. The largest absolute Gasteiger partial charge is 0.495 e. The maximum Gasteiger partial charge on any atom is 0.139 e. The van der Waals surface area contributed by atoms with Gasteiger partial charge in [0.2, 0.25) is 0 Å². The molecule has 0 aliphatic rings. The van der Waals surface area contributed by atoms with Crippen molar-refractivity contribution in [2.24, 2.45) is 0 Å². The topological polar surface area (TPSA) is 22.1 Å². The van der Waals surface area contributed by atoms with E-state index in [0.717, 1.165) is 33.3 Å². The van der Waals surface area contributed by atoms with E-state index >= 15 is 0 Å². The van der Waals surface area contributed by atoms with Crippen molar-refractivity contribution in [2.45, 2.75) is 6.92 Å². The molecule has 0 saturated heterocycles. The van der Waals surface area contributed by atoms with Gasteiger partial charge < -0.3 is 4.74 Å². The highest BCUT2D eigenvalue weighted by molar-refractivity contribution is 6.39. The fourth-order valence-electron chi connectivity index (χ4n) is 3.34. The second kappa shape index (κ2) is 7.42. The molecule has 0 radical (unpaired) electrons. The summed E-state index contributed by atoms with van der Waals surface area (Å²) >= 11 is 13.0. The van der Waals surface area contributed by atoms with E-state index in [1.807, 2.05) is 37.3 Å². The van der Waals surface area contributed by atoms with Crippen LogP contribution >= 0.6 is 23.2 Å². The summed E-state index contributed by atoms with van der Waals surface area (Å²) in [6, 6.07) is 17.9. The average Bonchev–Trinajstić information content (AvgIpc) is 2.69. The molecule has 1 heterocycles. The molecule has 2 nitrogen and oxygen atoms in total. The van der Waals surface area contributed by atoms with Crippen molar-refractivity contribution in [2.75, 3.05) is 7.11 Å². The van der Waals surface area contributed by atoms with Gasteiger partial charge in [-0.3, -0.25) is 4.98 Å². The Morgan fingerprint density at radius 3 is 2.29 bits per heavy atom. The highest BCUT2D eigenvalue weighted by Gasteiger charge is 2.16. The van der Waals surface area contributed by atoms with Crippen LogP contribution in [0.1, 0.15) is 5.69 Å². The molecule has 5 heteroatoms.